The molecule has 1 rings (SSSR count). The number of carbonyl (C=O) groups excluding carboxylic acids is 3. The minimum atomic E-state index is -1.92. The number of nitrogens with one attached hydrogen (secondary N) is 1. The highest BCUT2D eigenvalue weighted by atomic mass is 16.6. The van der Waals surface area contributed by atoms with E-state index < -0.39 is 29.5 Å². The Labute approximate surface area is 121 Å². The minimum Gasteiger partial charge on any atom is -0.466 e. The molecule has 1 aliphatic rings. The maximum atomic E-state index is 12.0. The van der Waals surface area contributed by atoms with Gasteiger partial charge in [0, 0.05) is 13.3 Å². The molecule has 0 saturated heterocycles. The third-order valence-corrected chi connectivity index (χ3v) is 2.74. The number of hydrogen-bond acceptors (Lipinski definition) is 7. The Kier molecular flexibility index (Phi) is 5.30. The summed E-state index contributed by atoms with van der Waals surface area (Å²) in [6.07, 6.45) is 1.03. The second-order valence-electron chi connectivity index (χ2n) is 4.31. The Morgan fingerprint density at radius 1 is 1.57 bits per heavy atom. The van der Waals surface area contributed by atoms with E-state index in [2.05, 4.69) is 10.1 Å². The van der Waals surface area contributed by atoms with Gasteiger partial charge in [-0.2, -0.15) is 5.26 Å². The van der Waals surface area contributed by atoms with E-state index in [0.29, 0.717) is 0 Å². The van der Waals surface area contributed by atoms with Crippen molar-refractivity contribution >= 4 is 17.8 Å². The zero-order valence-corrected chi connectivity index (χ0v) is 12.0. The van der Waals surface area contributed by atoms with Crippen molar-refractivity contribution < 1.29 is 28.6 Å². The van der Waals surface area contributed by atoms with Gasteiger partial charge in [-0.05, 0) is 13.0 Å². The first kappa shape index (κ1) is 16.5. The number of allylic oxidation sites excluding steroid dienone is 1. The third-order valence-electron chi connectivity index (χ3n) is 2.74. The van der Waals surface area contributed by atoms with Gasteiger partial charge in [0.2, 0.25) is 5.91 Å². The van der Waals surface area contributed by atoms with Gasteiger partial charge in [-0.3, -0.25) is 9.59 Å². The number of esters is 2. The lowest BCUT2D eigenvalue weighted by Gasteiger charge is -2.36. The van der Waals surface area contributed by atoms with Crippen LogP contribution in [0.25, 0.3) is 0 Å². The number of nitriles is 1. The molecule has 0 saturated carbocycles. The van der Waals surface area contributed by atoms with Crippen LogP contribution < -0.4 is 5.32 Å². The van der Waals surface area contributed by atoms with Crippen LogP contribution in [-0.2, 0) is 28.6 Å². The summed E-state index contributed by atoms with van der Waals surface area (Å²) in [6.45, 7) is 2.96. The molecule has 8 heteroatoms. The van der Waals surface area contributed by atoms with E-state index in [1.807, 2.05) is 0 Å². The lowest BCUT2D eigenvalue weighted by molar-refractivity contribution is -0.177. The molecule has 0 radical (unpaired) electrons. The predicted molar refractivity (Wildman–Crippen MR) is 68.1 cm³/mol. The smallest absolute Gasteiger partial charge is 0.372 e. The molecule has 1 N–H and O–H groups in total. The molecule has 0 bridgehead atoms. The summed E-state index contributed by atoms with van der Waals surface area (Å²) in [7, 11) is 1.11. The van der Waals surface area contributed by atoms with Gasteiger partial charge in [0.05, 0.1) is 19.6 Å². The first-order valence-electron chi connectivity index (χ1n) is 6.23. The van der Waals surface area contributed by atoms with E-state index in [-0.39, 0.29) is 18.8 Å². The highest BCUT2D eigenvalue weighted by Gasteiger charge is 2.49. The van der Waals surface area contributed by atoms with Crippen molar-refractivity contribution in [3.63, 3.8) is 0 Å². The second kappa shape index (κ2) is 6.74. The molecule has 1 aliphatic heterocycles. The zero-order valence-electron chi connectivity index (χ0n) is 12.0. The van der Waals surface area contributed by atoms with Crippen LogP contribution in [0.2, 0.25) is 0 Å². The molecule has 0 aromatic heterocycles. The Hall–Kier alpha value is -2.56. The number of methoxy groups -OCH3 is 1. The molecule has 0 fully saturated rings. The highest BCUT2D eigenvalue weighted by molar-refractivity contribution is 5.87. The summed E-state index contributed by atoms with van der Waals surface area (Å²) >= 11 is 0. The van der Waals surface area contributed by atoms with Crippen LogP contribution in [0.15, 0.2) is 11.8 Å². The molecule has 0 aliphatic carbocycles. The largest absolute Gasteiger partial charge is 0.466 e. The van der Waals surface area contributed by atoms with Crippen LogP contribution in [0.1, 0.15) is 20.3 Å². The molecule has 0 unspecified atom stereocenters. The van der Waals surface area contributed by atoms with Crippen molar-refractivity contribution in [2.45, 2.75) is 26.0 Å². The van der Waals surface area contributed by atoms with Crippen molar-refractivity contribution in [2.75, 3.05) is 13.7 Å². The number of nitrogens with zero attached hydrogens (tertiary/aromatic N) is 1. The summed E-state index contributed by atoms with van der Waals surface area (Å²) in [6, 6.07) is 1.71. The monoisotopic (exact) mass is 296 g/mol. The fraction of sp³-hybridized carbons (Fsp3) is 0.538. The molecule has 0 aromatic rings. The van der Waals surface area contributed by atoms with Gasteiger partial charge in [-0.15, -0.1) is 0 Å². The van der Waals surface area contributed by atoms with Gasteiger partial charge in [0.25, 0.3) is 5.72 Å². The molecule has 1 heterocycles. The molecule has 2 atom stereocenters. The number of carbonyl (C=O) groups is 3. The third kappa shape index (κ3) is 3.72. The predicted octanol–water partition coefficient (Wildman–Crippen LogP) is -0.00112. The minimum absolute atomic E-state index is 0.150. The van der Waals surface area contributed by atoms with Crippen LogP contribution in [0.3, 0.4) is 0 Å². The standard InChI is InChI=1S/C13H16N2O6/c1-4-20-11(17)9-5-10(7-14)21-13(6-9,12(18)19-3)15-8(2)16/h5,9H,4,6H2,1-3H3,(H,15,16)/t9-,13+/m0/s1. The Bertz CT molecular complexity index is 521. The molecule has 114 valence electrons. The molecule has 8 nitrogen and oxygen atoms in total. The quantitative estimate of drug-likeness (QED) is 0.726. The van der Waals surface area contributed by atoms with Gasteiger partial charge in [0.15, 0.2) is 5.76 Å². The highest BCUT2D eigenvalue weighted by Crippen LogP contribution is 2.31. The molecular formula is C13H16N2O6. The first-order valence-corrected chi connectivity index (χ1v) is 6.23. The van der Waals surface area contributed by atoms with Gasteiger partial charge in [0.1, 0.15) is 6.07 Å². The van der Waals surface area contributed by atoms with E-state index in [0.717, 1.165) is 7.11 Å². The molecule has 0 spiro atoms. The maximum Gasteiger partial charge on any atom is 0.372 e. The number of hydrogen-bond donors (Lipinski definition) is 1. The Balaban J connectivity index is 3.19. The summed E-state index contributed by atoms with van der Waals surface area (Å²) in [5.41, 5.74) is -1.92. The second-order valence-corrected chi connectivity index (χ2v) is 4.31. The molecule has 0 aromatic carbocycles. The lowest BCUT2D eigenvalue weighted by atomic mass is 9.93. The summed E-state index contributed by atoms with van der Waals surface area (Å²) in [5, 5.41) is 11.3. The van der Waals surface area contributed by atoms with Crippen LogP contribution >= 0.6 is 0 Å². The van der Waals surface area contributed by atoms with Crippen molar-refractivity contribution in [1.82, 2.24) is 5.32 Å². The van der Waals surface area contributed by atoms with E-state index >= 15 is 0 Å². The van der Waals surface area contributed by atoms with E-state index in [1.54, 1.807) is 13.0 Å². The number of amides is 1. The Morgan fingerprint density at radius 2 is 2.24 bits per heavy atom. The molecule has 21 heavy (non-hydrogen) atoms. The maximum absolute atomic E-state index is 12.0. The number of ether oxygens (including phenoxy) is 3. The van der Waals surface area contributed by atoms with Gasteiger partial charge >= 0.3 is 11.9 Å². The average Bonchev–Trinajstić information content (AvgIpc) is 2.45. The zero-order chi connectivity index (χ0) is 16.0. The van der Waals surface area contributed by atoms with E-state index in [9.17, 15) is 14.4 Å². The summed E-state index contributed by atoms with van der Waals surface area (Å²) in [4.78, 5) is 35.1. The normalized spacial score (nSPS) is 23.9. The lowest BCUT2D eigenvalue weighted by Crippen LogP contribution is -2.59. The van der Waals surface area contributed by atoms with Crippen molar-refractivity contribution in [3.05, 3.63) is 11.8 Å². The fourth-order valence-corrected chi connectivity index (χ4v) is 1.98. The number of rotatable bonds is 4. The topological polar surface area (TPSA) is 115 Å². The van der Waals surface area contributed by atoms with Gasteiger partial charge in [-0.25, -0.2) is 4.79 Å². The SMILES string of the molecule is CCOC(=O)[C@H]1C=C(C#N)O[C@@](NC(C)=O)(C(=O)OC)C1. The molecular weight excluding hydrogens is 280 g/mol. The van der Waals surface area contributed by atoms with Gasteiger partial charge in [-0.1, -0.05) is 0 Å². The van der Waals surface area contributed by atoms with E-state index in [4.69, 9.17) is 14.7 Å². The van der Waals surface area contributed by atoms with Crippen LogP contribution in [0, 0.1) is 17.2 Å². The van der Waals surface area contributed by atoms with Crippen LogP contribution in [-0.4, -0.2) is 37.3 Å². The molecule has 1 amide bonds. The fourth-order valence-electron chi connectivity index (χ4n) is 1.98. The average molecular weight is 296 g/mol. The summed E-state index contributed by atoms with van der Waals surface area (Å²) in [5.74, 6) is -3.26. The first-order chi connectivity index (χ1) is 9.88. The summed E-state index contributed by atoms with van der Waals surface area (Å²) < 4.78 is 14.7. The van der Waals surface area contributed by atoms with Crippen molar-refractivity contribution in [2.24, 2.45) is 5.92 Å². The van der Waals surface area contributed by atoms with Crippen molar-refractivity contribution in [1.29, 1.82) is 5.26 Å². The van der Waals surface area contributed by atoms with E-state index in [1.165, 1.54) is 13.0 Å². The van der Waals surface area contributed by atoms with Crippen LogP contribution in [0.5, 0.6) is 0 Å². The van der Waals surface area contributed by atoms with Crippen LogP contribution in [0.4, 0.5) is 0 Å². The van der Waals surface area contributed by atoms with Gasteiger partial charge < -0.3 is 19.5 Å². The Morgan fingerprint density at radius 3 is 2.71 bits per heavy atom. The van der Waals surface area contributed by atoms with Crippen molar-refractivity contribution in [3.8, 4) is 6.07 Å².